The molecule has 138 valence electrons. The Morgan fingerprint density at radius 2 is 2.00 bits per heavy atom. The fraction of sp³-hybridized carbons (Fsp3) is 0.556. The van der Waals surface area contributed by atoms with Gasteiger partial charge in [-0.25, -0.2) is 15.0 Å². The van der Waals surface area contributed by atoms with Crippen LogP contribution in [0.2, 0.25) is 0 Å². The van der Waals surface area contributed by atoms with Crippen LogP contribution in [-0.2, 0) is 16.8 Å². The van der Waals surface area contributed by atoms with E-state index in [1.807, 2.05) is 6.92 Å². The number of aromatic nitrogens is 4. The standard InChI is InChI=1S/C18H24N6O2/c1-3-14(25)24-9-4-13-15(22-12-21-13)18(24)5-10-23(11-6-18)16-17(26-2)20-8-7-19-16/h7-8,12H,3-6,9-11H2,1-2H3,(H,21,22). The Bertz CT molecular complexity index is 796. The first-order chi connectivity index (χ1) is 12.7. The lowest BCUT2D eigenvalue weighted by Gasteiger charge is -2.50. The monoisotopic (exact) mass is 356 g/mol. The Labute approximate surface area is 152 Å². The predicted molar refractivity (Wildman–Crippen MR) is 96.0 cm³/mol. The quantitative estimate of drug-likeness (QED) is 0.897. The van der Waals surface area contributed by atoms with E-state index in [9.17, 15) is 4.79 Å². The maximum Gasteiger partial charge on any atom is 0.257 e. The number of aromatic amines is 1. The number of amides is 1. The van der Waals surface area contributed by atoms with Crippen molar-refractivity contribution in [3.63, 3.8) is 0 Å². The van der Waals surface area contributed by atoms with Crippen molar-refractivity contribution in [2.24, 2.45) is 0 Å². The van der Waals surface area contributed by atoms with Crippen molar-refractivity contribution in [3.8, 4) is 5.88 Å². The van der Waals surface area contributed by atoms with Gasteiger partial charge >= 0.3 is 0 Å². The topological polar surface area (TPSA) is 87.2 Å². The Kier molecular flexibility index (Phi) is 4.26. The molecule has 1 saturated heterocycles. The predicted octanol–water partition coefficient (Wildman–Crippen LogP) is 1.50. The van der Waals surface area contributed by atoms with Gasteiger partial charge in [-0.05, 0) is 12.8 Å². The highest BCUT2D eigenvalue weighted by Crippen LogP contribution is 2.43. The molecule has 0 aliphatic carbocycles. The van der Waals surface area contributed by atoms with Crippen LogP contribution in [0.25, 0.3) is 0 Å². The molecule has 0 saturated carbocycles. The number of piperidine rings is 1. The van der Waals surface area contributed by atoms with Gasteiger partial charge in [0.25, 0.3) is 5.88 Å². The molecule has 4 heterocycles. The van der Waals surface area contributed by atoms with E-state index in [1.165, 1.54) is 0 Å². The van der Waals surface area contributed by atoms with Crippen LogP contribution in [0.5, 0.6) is 5.88 Å². The Hall–Kier alpha value is -2.64. The van der Waals surface area contributed by atoms with Gasteiger partial charge < -0.3 is 19.5 Å². The molecule has 8 heteroatoms. The highest BCUT2D eigenvalue weighted by molar-refractivity contribution is 5.77. The number of carbonyl (C=O) groups excluding carboxylic acids is 1. The zero-order valence-corrected chi connectivity index (χ0v) is 15.2. The molecule has 2 aliphatic rings. The maximum atomic E-state index is 12.7. The van der Waals surface area contributed by atoms with E-state index < -0.39 is 0 Å². The number of anilines is 1. The van der Waals surface area contributed by atoms with E-state index in [4.69, 9.17) is 4.74 Å². The maximum absolute atomic E-state index is 12.7. The van der Waals surface area contributed by atoms with Crippen LogP contribution in [-0.4, -0.2) is 57.5 Å². The largest absolute Gasteiger partial charge is 0.478 e. The number of hydrogen-bond donors (Lipinski definition) is 1. The first-order valence-electron chi connectivity index (χ1n) is 9.12. The van der Waals surface area contributed by atoms with Crippen LogP contribution in [0.4, 0.5) is 5.82 Å². The fourth-order valence-corrected chi connectivity index (χ4v) is 4.31. The normalized spacial score (nSPS) is 18.7. The van der Waals surface area contributed by atoms with E-state index in [-0.39, 0.29) is 11.4 Å². The molecule has 1 amide bonds. The van der Waals surface area contributed by atoms with Crippen molar-refractivity contribution in [2.45, 2.75) is 38.1 Å². The summed E-state index contributed by atoms with van der Waals surface area (Å²) in [6.07, 6.45) is 8.05. The summed E-state index contributed by atoms with van der Waals surface area (Å²) in [5, 5.41) is 0. The summed E-state index contributed by atoms with van der Waals surface area (Å²) in [7, 11) is 1.61. The van der Waals surface area contributed by atoms with Crippen LogP contribution in [0, 0.1) is 0 Å². The summed E-state index contributed by atoms with van der Waals surface area (Å²) in [5.74, 6) is 1.49. The summed E-state index contributed by atoms with van der Waals surface area (Å²) in [6.45, 7) is 4.22. The highest BCUT2D eigenvalue weighted by atomic mass is 16.5. The number of H-pyrrole nitrogens is 1. The van der Waals surface area contributed by atoms with Gasteiger partial charge in [-0.1, -0.05) is 6.92 Å². The van der Waals surface area contributed by atoms with Gasteiger partial charge in [-0.2, -0.15) is 0 Å². The van der Waals surface area contributed by atoms with Gasteiger partial charge in [0.2, 0.25) is 5.91 Å². The molecule has 0 unspecified atom stereocenters. The zero-order chi connectivity index (χ0) is 18.1. The number of ether oxygens (including phenoxy) is 1. The third-order valence-electron chi connectivity index (χ3n) is 5.59. The summed E-state index contributed by atoms with van der Waals surface area (Å²) < 4.78 is 5.36. The van der Waals surface area contributed by atoms with Crippen LogP contribution < -0.4 is 9.64 Å². The summed E-state index contributed by atoms with van der Waals surface area (Å²) in [4.78, 5) is 33.5. The second-order valence-corrected chi connectivity index (χ2v) is 6.79. The number of hydrogen-bond acceptors (Lipinski definition) is 6. The van der Waals surface area contributed by atoms with Gasteiger partial charge in [-0.15, -0.1) is 0 Å². The van der Waals surface area contributed by atoms with Crippen molar-refractivity contribution in [3.05, 3.63) is 30.1 Å². The Morgan fingerprint density at radius 1 is 1.23 bits per heavy atom. The molecule has 2 aromatic rings. The smallest absolute Gasteiger partial charge is 0.257 e. The van der Waals surface area contributed by atoms with E-state index in [0.29, 0.717) is 12.3 Å². The first kappa shape index (κ1) is 16.8. The van der Waals surface area contributed by atoms with E-state index in [1.54, 1.807) is 25.8 Å². The number of fused-ring (bicyclic) bond motifs is 2. The van der Waals surface area contributed by atoms with E-state index >= 15 is 0 Å². The lowest BCUT2D eigenvalue weighted by molar-refractivity contribution is -0.140. The summed E-state index contributed by atoms with van der Waals surface area (Å²) in [6, 6.07) is 0. The SMILES string of the molecule is CCC(=O)N1CCc2[nH]cnc2C12CCN(c1nccnc1OC)CC2. The summed E-state index contributed by atoms with van der Waals surface area (Å²) >= 11 is 0. The third-order valence-corrected chi connectivity index (χ3v) is 5.59. The molecule has 2 aromatic heterocycles. The van der Waals surface area contributed by atoms with Gasteiger partial charge in [0.15, 0.2) is 5.82 Å². The average molecular weight is 356 g/mol. The van der Waals surface area contributed by atoms with Crippen molar-refractivity contribution in [2.75, 3.05) is 31.6 Å². The minimum Gasteiger partial charge on any atom is -0.478 e. The molecule has 0 atom stereocenters. The molecular formula is C18H24N6O2. The molecule has 0 aromatic carbocycles. The Balaban J connectivity index is 1.64. The molecule has 0 radical (unpaired) electrons. The van der Waals surface area contributed by atoms with Gasteiger partial charge in [0.05, 0.1) is 24.7 Å². The molecule has 2 aliphatic heterocycles. The molecule has 1 fully saturated rings. The lowest BCUT2D eigenvalue weighted by Crippen LogP contribution is -2.58. The van der Waals surface area contributed by atoms with E-state index in [2.05, 4.69) is 29.7 Å². The Morgan fingerprint density at radius 3 is 2.73 bits per heavy atom. The number of carbonyl (C=O) groups is 1. The lowest BCUT2D eigenvalue weighted by atomic mass is 9.78. The molecule has 26 heavy (non-hydrogen) atoms. The number of methoxy groups -OCH3 is 1. The molecule has 8 nitrogen and oxygen atoms in total. The molecular weight excluding hydrogens is 332 g/mol. The third kappa shape index (κ3) is 2.51. The van der Waals surface area contributed by atoms with Crippen LogP contribution in [0.15, 0.2) is 18.7 Å². The minimum atomic E-state index is -0.327. The highest BCUT2D eigenvalue weighted by Gasteiger charge is 2.48. The van der Waals surface area contributed by atoms with Gasteiger partial charge in [-0.3, -0.25) is 4.79 Å². The molecule has 1 N–H and O–H groups in total. The van der Waals surface area contributed by atoms with Crippen LogP contribution in [0.3, 0.4) is 0 Å². The number of nitrogens with one attached hydrogen (secondary N) is 1. The second kappa shape index (κ2) is 6.59. The average Bonchev–Trinajstić information content (AvgIpc) is 3.18. The van der Waals surface area contributed by atoms with Gasteiger partial charge in [0, 0.05) is 50.6 Å². The van der Waals surface area contributed by atoms with Crippen molar-refractivity contribution < 1.29 is 9.53 Å². The minimum absolute atomic E-state index is 0.198. The van der Waals surface area contributed by atoms with Crippen LogP contribution >= 0.6 is 0 Å². The van der Waals surface area contributed by atoms with Crippen molar-refractivity contribution >= 4 is 11.7 Å². The molecule has 0 bridgehead atoms. The molecule has 1 spiro atoms. The zero-order valence-electron chi connectivity index (χ0n) is 15.2. The number of imidazole rings is 1. The first-order valence-corrected chi connectivity index (χ1v) is 9.12. The van der Waals surface area contributed by atoms with Crippen molar-refractivity contribution in [1.82, 2.24) is 24.8 Å². The molecule has 4 rings (SSSR count). The summed E-state index contributed by atoms with van der Waals surface area (Å²) in [5.41, 5.74) is 1.87. The van der Waals surface area contributed by atoms with Crippen molar-refractivity contribution in [1.29, 1.82) is 0 Å². The number of nitrogens with zero attached hydrogens (tertiary/aromatic N) is 5. The van der Waals surface area contributed by atoms with Crippen LogP contribution in [0.1, 0.15) is 37.6 Å². The van der Waals surface area contributed by atoms with E-state index in [0.717, 1.165) is 56.1 Å². The number of rotatable bonds is 3. The second-order valence-electron chi connectivity index (χ2n) is 6.79. The fourth-order valence-electron chi connectivity index (χ4n) is 4.31. The van der Waals surface area contributed by atoms with Gasteiger partial charge in [0.1, 0.15) is 0 Å².